The van der Waals surface area contributed by atoms with Crippen LogP contribution in [-0.2, 0) is 6.18 Å². The van der Waals surface area contributed by atoms with Gasteiger partial charge in [0.05, 0.1) is 16.8 Å². The number of amides is 1. The van der Waals surface area contributed by atoms with Gasteiger partial charge < -0.3 is 10.6 Å². The van der Waals surface area contributed by atoms with E-state index >= 15 is 0 Å². The summed E-state index contributed by atoms with van der Waals surface area (Å²) in [4.78, 5) is 23.7. The summed E-state index contributed by atoms with van der Waals surface area (Å²) in [5.41, 5.74) is -0.761. The molecule has 0 aromatic carbocycles. The van der Waals surface area contributed by atoms with E-state index in [0.29, 0.717) is 5.16 Å². The van der Waals surface area contributed by atoms with Crippen LogP contribution in [0, 0.1) is 0 Å². The van der Waals surface area contributed by atoms with E-state index in [9.17, 15) is 18.0 Å². The Morgan fingerprint density at radius 3 is 2.60 bits per heavy atom. The molecular formula is C14H13ClF3N5OS. The Morgan fingerprint density at radius 2 is 2.00 bits per heavy atom. The summed E-state index contributed by atoms with van der Waals surface area (Å²) in [5.74, 6) is -0.197. The normalized spacial score (nSPS) is 11.2. The monoisotopic (exact) mass is 391 g/mol. The Morgan fingerprint density at radius 1 is 1.24 bits per heavy atom. The van der Waals surface area contributed by atoms with Crippen LogP contribution < -0.4 is 10.6 Å². The number of aromatic nitrogens is 3. The molecule has 134 valence electrons. The number of carbonyl (C=O) groups is 1. The maximum Gasteiger partial charge on any atom is 0.417 e. The minimum atomic E-state index is -4.42. The molecule has 0 fully saturated rings. The van der Waals surface area contributed by atoms with E-state index in [0.717, 1.165) is 12.3 Å². The molecule has 0 aliphatic carbocycles. The molecular weight excluding hydrogens is 379 g/mol. The second-order valence-corrected chi connectivity index (χ2v) is 5.85. The number of anilines is 1. The van der Waals surface area contributed by atoms with Crippen molar-refractivity contribution >= 4 is 35.1 Å². The molecule has 2 aromatic heterocycles. The van der Waals surface area contributed by atoms with Crippen molar-refractivity contribution in [3.8, 4) is 0 Å². The van der Waals surface area contributed by atoms with Crippen LogP contribution in [0.2, 0.25) is 5.02 Å². The Kier molecular flexibility index (Phi) is 6.43. The summed E-state index contributed by atoms with van der Waals surface area (Å²) in [5, 5.41) is 5.96. The van der Waals surface area contributed by atoms with Gasteiger partial charge in [-0.05, 0) is 18.4 Å². The predicted octanol–water partition coefficient (Wildman–Crippen LogP) is 3.11. The first kappa shape index (κ1) is 19.3. The van der Waals surface area contributed by atoms with Crippen molar-refractivity contribution in [3.05, 3.63) is 40.8 Å². The van der Waals surface area contributed by atoms with Gasteiger partial charge in [0, 0.05) is 19.3 Å². The molecule has 2 aromatic rings. The molecule has 2 rings (SSSR count). The number of hydrogen-bond donors (Lipinski definition) is 2. The molecule has 11 heteroatoms. The van der Waals surface area contributed by atoms with Crippen LogP contribution >= 0.6 is 23.4 Å². The van der Waals surface area contributed by atoms with Crippen molar-refractivity contribution in [2.45, 2.75) is 11.3 Å². The Bertz CT molecular complexity index is 742. The SMILES string of the molecule is CSc1ncc(Cl)c(C(=O)NCCNc2ccc(C(F)(F)F)cn2)n1. The lowest BCUT2D eigenvalue weighted by atomic mass is 10.3. The molecule has 0 aliphatic heterocycles. The van der Waals surface area contributed by atoms with Crippen molar-refractivity contribution < 1.29 is 18.0 Å². The molecule has 25 heavy (non-hydrogen) atoms. The summed E-state index contributed by atoms with van der Waals surface area (Å²) >= 11 is 7.17. The molecule has 0 unspecified atom stereocenters. The van der Waals surface area contributed by atoms with E-state index < -0.39 is 17.6 Å². The number of carbonyl (C=O) groups excluding carboxylic acids is 1. The van der Waals surface area contributed by atoms with Gasteiger partial charge in [-0.15, -0.1) is 0 Å². The predicted molar refractivity (Wildman–Crippen MR) is 88.9 cm³/mol. The largest absolute Gasteiger partial charge is 0.417 e. The minimum Gasteiger partial charge on any atom is -0.368 e. The van der Waals surface area contributed by atoms with Gasteiger partial charge in [-0.3, -0.25) is 4.79 Å². The van der Waals surface area contributed by atoms with Crippen LogP contribution in [0.4, 0.5) is 19.0 Å². The van der Waals surface area contributed by atoms with Crippen LogP contribution in [0.15, 0.2) is 29.7 Å². The Hall–Kier alpha value is -2.07. The zero-order chi connectivity index (χ0) is 18.4. The number of rotatable bonds is 6. The van der Waals surface area contributed by atoms with Crippen LogP contribution in [-0.4, -0.2) is 40.2 Å². The van der Waals surface area contributed by atoms with Crippen molar-refractivity contribution in [1.82, 2.24) is 20.3 Å². The van der Waals surface area contributed by atoms with Crippen molar-refractivity contribution in [2.75, 3.05) is 24.7 Å². The Balaban J connectivity index is 1.84. The lowest BCUT2D eigenvalue weighted by Crippen LogP contribution is -2.30. The molecule has 0 bridgehead atoms. The highest BCUT2D eigenvalue weighted by molar-refractivity contribution is 7.98. The average molecular weight is 392 g/mol. The molecule has 1 amide bonds. The lowest BCUT2D eigenvalue weighted by molar-refractivity contribution is -0.137. The van der Waals surface area contributed by atoms with Gasteiger partial charge in [0.25, 0.3) is 5.91 Å². The summed E-state index contributed by atoms with van der Waals surface area (Å²) in [7, 11) is 0. The summed E-state index contributed by atoms with van der Waals surface area (Å²) in [6, 6.07) is 2.15. The maximum atomic E-state index is 12.4. The van der Waals surface area contributed by atoms with Gasteiger partial charge in [-0.25, -0.2) is 15.0 Å². The van der Waals surface area contributed by atoms with E-state index in [1.54, 1.807) is 6.26 Å². The smallest absolute Gasteiger partial charge is 0.368 e. The van der Waals surface area contributed by atoms with Gasteiger partial charge in [-0.1, -0.05) is 23.4 Å². The third-order valence-corrected chi connectivity index (χ3v) is 3.77. The fraction of sp³-hybridized carbons (Fsp3) is 0.286. The van der Waals surface area contributed by atoms with Crippen molar-refractivity contribution in [3.63, 3.8) is 0 Å². The number of nitrogens with one attached hydrogen (secondary N) is 2. The summed E-state index contributed by atoms with van der Waals surface area (Å²) < 4.78 is 37.3. The Labute approximate surface area is 150 Å². The number of nitrogens with zero attached hydrogens (tertiary/aromatic N) is 3. The van der Waals surface area contributed by atoms with Gasteiger partial charge in [0.1, 0.15) is 5.82 Å². The van der Waals surface area contributed by atoms with E-state index in [1.807, 2.05) is 0 Å². The first-order valence-electron chi connectivity index (χ1n) is 6.93. The molecule has 0 aliphatic rings. The fourth-order valence-electron chi connectivity index (χ4n) is 1.72. The van der Waals surface area contributed by atoms with Crippen LogP contribution in [0.5, 0.6) is 0 Å². The minimum absolute atomic E-state index is 0.0636. The van der Waals surface area contributed by atoms with Crippen molar-refractivity contribution in [1.29, 1.82) is 0 Å². The molecule has 0 atom stereocenters. The zero-order valence-corrected chi connectivity index (χ0v) is 14.5. The fourth-order valence-corrected chi connectivity index (χ4v) is 2.24. The first-order chi connectivity index (χ1) is 11.8. The molecule has 6 nitrogen and oxygen atoms in total. The molecule has 0 saturated carbocycles. The number of hydrogen-bond acceptors (Lipinski definition) is 6. The van der Waals surface area contributed by atoms with Gasteiger partial charge in [-0.2, -0.15) is 13.2 Å². The topological polar surface area (TPSA) is 79.8 Å². The number of alkyl halides is 3. The molecule has 0 radical (unpaired) electrons. The van der Waals surface area contributed by atoms with E-state index in [4.69, 9.17) is 11.6 Å². The van der Waals surface area contributed by atoms with Crippen molar-refractivity contribution in [2.24, 2.45) is 0 Å². The quantitative estimate of drug-likeness (QED) is 0.447. The number of thioether (sulfide) groups is 1. The van der Waals surface area contributed by atoms with E-state index in [1.165, 1.54) is 24.0 Å². The number of halogens is 4. The third kappa shape index (κ3) is 5.46. The first-order valence-corrected chi connectivity index (χ1v) is 8.53. The standard InChI is InChI=1S/C14H13ClF3N5OS/c1-25-13-22-7-9(15)11(23-13)12(24)20-5-4-19-10-3-2-8(6-21-10)14(16,17)18/h2-3,6-7H,4-5H2,1H3,(H,19,21)(H,20,24). The van der Waals surface area contributed by atoms with Gasteiger partial charge in [0.2, 0.25) is 0 Å². The third-order valence-electron chi connectivity index (χ3n) is 2.93. The van der Waals surface area contributed by atoms with Crippen LogP contribution in [0.25, 0.3) is 0 Å². The van der Waals surface area contributed by atoms with E-state index in [-0.39, 0.29) is 29.6 Å². The van der Waals surface area contributed by atoms with Crippen LogP contribution in [0.1, 0.15) is 16.1 Å². The maximum absolute atomic E-state index is 12.4. The molecule has 2 N–H and O–H groups in total. The highest BCUT2D eigenvalue weighted by atomic mass is 35.5. The zero-order valence-electron chi connectivity index (χ0n) is 12.9. The van der Waals surface area contributed by atoms with Crippen LogP contribution in [0.3, 0.4) is 0 Å². The second-order valence-electron chi connectivity index (χ2n) is 4.67. The summed E-state index contributed by atoms with van der Waals surface area (Å²) in [6.45, 7) is 0.471. The average Bonchev–Trinajstić information content (AvgIpc) is 2.58. The lowest BCUT2D eigenvalue weighted by Gasteiger charge is -2.10. The van der Waals surface area contributed by atoms with Gasteiger partial charge in [0.15, 0.2) is 10.9 Å². The number of pyridine rings is 1. The molecule has 0 spiro atoms. The molecule has 2 heterocycles. The summed E-state index contributed by atoms with van der Waals surface area (Å²) in [6.07, 6.45) is -0.566. The molecule has 0 saturated heterocycles. The van der Waals surface area contributed by atoms with E-state index in [2.05, 4.69) is 25.6 Å². The highest BCUT2D eigenvalue weighted by Crippen LogP contribution is 2.28. The highest BCUT2D eigenvalue weighted by Gasteiger charge is 2.30. The second kappa shape index (κ2) is 8.34. The van der Waals surface area contributed by atoms with Gasteiger partial charge >= 0.3 is 6.18 Å².